The molecule has 2 atom stereocenters. The second kappa shape index (κ2) is 6.14. The summed E-state index contributed by atoms with van der Waals surface area (Å²) >= 11 is 1.52. The monoisotopic (exact) mass is 347 g/mol. The molecule has 4 heterocycles. The zero-order valence-corrected chi connectivity index (χ0v) is 13.9. The van der Waals surface area contributed by atoms with Crippen molar-refractivity contribution in [2.75, 3.05) is 25.0 Å². The number of hydrogen-bond acceptors (Lipinski definition) is 5. The van der Waals surface area contributed by atoms with E-state index < -0.39 is 0 Å². The van der Waals surface area contributed by atoms with E-state index >= 15 is 0 Å². The molecular formula is C17H18FN3O2S. The van der Waals surface area contributed by atoms with E-state index in [1.54, 1.807) is 12.3 Å². The molecule has 2 aromatic heterocycles. The van der Waals surface area contributed by atoms with Gasteiger partial charge in [0.1, 0.15) is 0 Å². The average molecular weight is 347 g/mol. The molecule has 0 saturated carbocycles. The maximum absolute atomic E-state index is 13.7. The van der Waals surface area contributed by atoms with Crippen LogP contribution in [0.25, 0.3) is 0 Å². The van der Waals surface area contributed by atoms with Crippen LogP contribution in [0.3, 0.4) is 0 Å². The molecule has 2 saturated heterocycles. The van der Waals surface area contributed by atoms with E-state index in [4.69, 9.17) is 4.74 Å². The molecule has 1 N–H and O–H groups in total. The molecule has 2 aliphatic rings. The summed E-state index contributed by atoms with van der Waals surface area (Å²) in [6, 6.07) is 4.81. The molecule has 0 aliphatic carbocycles. The van der Waals surface area contributed by atoms with Crippen molar-refractivity contribution < 1.29 is 13.9 Å². The summed E-state index contributed by atoms with van der Waals surface area (Å²) in [6.45, 7) is 1.78. The van der Waals surface area contributed by atoms with E-state index in [0.717, 1.165) is 18.4 Å². The normalized spacial score (nSPS) is 26.2. The molecule has 1 spiro atoms. The van der Waals surface area contributed by atoms with Gasteiger partial charge in [-0.25, -0.2) is 9.37 Å². The third-order valence-corrected chi connectivity index (χ3v) is 5.36. The lowest BCUT2D eigenvalue weighted by atomic mass is 9.97. The second-order valence-electron chi connectivity index (χ2n) is 6.36. The van der Waals surface area contributed by atoms with Crippen molar-refractivity contribution in [2.24, 2.45) is 0 Å². The predicted octanol–water partition coefficient (Wildman–Crippen LogP) is 2.77. The lowest BCUT2D eigenvalue weighted by molar-refractivity contribution is 0.0125. The van der Waals surface area contributed by atoms with Gasteiger partial charge in [0, 0.05) is 24.5 Å². The van der Waals surface area contributed by atoms with Crippen LogP contribution in [-0.2, 0) is 4.74 Å². The molecule has 0 radical (unpaired) electrons. The van der Waals surface area contributed by atoms with E-state index in [9.17, 15) is 9.18 Å². The summed E-state index contributed by atoms with van der Waals surface area (Å²) in [5.41, 5.74) is 0.412. The summed E-state index contributed by atoms with van der Waals surface area (Å²) in [5, 5.41) is 6.90. The van der Waals surface area contributed by atoms with E-state index in [1.807, 2.05) is 21.7 Å². The number of likely N-dealkylation sites (tertiary alicyclic amines) is 1. The van der Waals surface area contributed by atoms with Crippen molar-refractivity contribution in [3.8, 4) is 0 Å². The molecule has 2 aliphatic heterocycles. The third-order valence-electron chi connectivity index (χ3n) is 4.68. The fourth-order valence-electron chi connectivity index (χ4n) is 3.49. The van der Waals surface area contributed by atoms with Gasteiger partial charge in [0.05, 0.1) is 30.4 Å². The average Bonchev–Trinajstić information content (AvgIpc) is 3.32. The van der Waals surface area contributed by atoms with Gasteiger partial charge in [0.2, 0.25) is 0 Å². The molecule has 0 unspecified atom stereocenters. The number of carbonyl (C=O) groups is 1. The van der Waals surface area contributed by atoms with Crippen molar-refractivity contribution in [3.05, 3.63) is 46.5 Å². The summed E-state index contributed by atoms with van der Waals surface area (Å²) < 4.78 is 19.7. The number of anilines is 1. The van der Waals surface area contributed by atoms with Gasteiger partial charge in [-0.3, -0.25) is 4.79 Å². The van der Waals surface area contributed by atoms with Crippen molar-refractivity contribution in [3.63, 3.8) is 0 Å². The minimum Gasteiger partial charge on any atom is -0.371 e. The van der Waals surface area contributed by atoms with Crippen molar-refractivity contribution in [2.45, 2.75) is 24.5 Å². The molecule has 2 fully saturated rings. The van der Waals surface area contributed by atoms with Crippen LogP contribution in [0.5, 0.6) is 0 Å². The van der Waals surface area contributed by atoms with Crippen LogP contribution in [0, 0.1) is 5.82 Å². The Morgan fingerprint density at radius 1 is 1.50 bits per heavy atom. The Morgan fingerprint density at radius 2 is 2.42 bits per heavy atom. The Morgan fingerprint density at radius 3 is 3.21 bits per heavy atom. The molecule has 126 valence electrons. The molecule has 0 bridgehead atoms. The van der Waals surface area contributed by atoms with Crippen LogP contribution in [0.2, 0.25) is 0 Å². The number of nitrogens with one attached hydrogen (secondary N) is 1. The highest BCUT2D eigenvalue weighted by Gasteiger charge is 2.47. The van der Waals surface area contributed by atoms with Crippen molar-refractivity contribution in [1.82, 2.24) is 9.88 Å². The van der Waals surface area contributed by atoms with E-state index in [2.05, 4.69) is 10.3 Å². The number of aromatic nitrogens is 1. The molecule has 7 heteroatoms. The smallest absolute Gasteiger partial charge is 0.254 e. The lowest BCUT2D eigenvalue weighted by Gasteiger charge is -2.23. The molecule has 0 aromatic carbocycles. The SMILES string of the molecule is O=C(c1ccsc1)N1CC[C@@]2(C[C@H](Nc3ncccc3F)CO2)C1. The molecule has 4 rings (SSSR count). The van der Waals surface area contributed by atoms with Crippen LogP contribution in [0.15, 0.2) is 35.2 Å². The van der Waals surface area contributed by atoms with Gasteiger partial charge in [0.15, 0.2) is 11.6 Å². The summed E-state index contributed by atoms with van der Waals surface area (Å²) in [4.78, 5) is 18.3. The molecule has 2 aromatic rings. The van der Waals surface area contributed by atoms with Crippen LogP contribution in [0.1, 0.15) is 23.2 Å². The van der Waals surface area contributed by atoms with Crippen LogP contribution in [0.4, 0.5) is 10.2 Å². The highest BCUT2D eigenvalue weighted by atomic mass is 32.1. The second-order valence-corrected chi connectivity index (χ2v) is 7.14. The standard InChI is InChI=1S/C17H18FN3O2S/c18-14-2-1-5-19-15(14)20-13-8-17(23-9-13)4-6-21(11-17)16(22)12-3-7-24-10-12/h1-3,5,7,10,13H,4,6,8-9,11H2,(H,19,20)/t13-,17+/m0/s1. The number of thiophene rings is 1. The van der Waals surface area contributed by atoms with Crippen LogP contribution in [-0.4, -0.2) is 47.1 Å². The van der Waals surface area contributed by atoms with Crippen molar-refractivity contribution in [1.29, 1.82) is 0 Å². The van der Waals surface area contributed by atoms with E-state index in [0.29, 0.717) is 19.7 Å². The minimum atomic E-state index is -0.362. The number of ether oxygens (including phenoxy) is 1. The Balaban J connectivity index is 1.40. The minimum absolute atomic E-state index is 0.00518. The summed E-state index contributed by atoms with van der Waals surface area (Å²) in [5.74, 6) is -0.0459. The molecular weight excluding hydrogens is 329 g/mol. The van der Waals surface area contributed by atoms with Gasteiger partial charge in [-0.15, -0.1) is 0 Å². The zero-order valence-electron chi connectivity index (χ0n) is 13.1. The van der Waals surface area contributed by atoms with Gasteiger partial charge in [-0.2, -0.15) is 11.3 Å². The summed E-state index contributed by atoms with van der Waals surface area (Å²) in [6.07, 6.45) is 3.12. The van der Waals surface area contributed by atoms with Crippen LogP contribution >= 0.6 is 11.3 Å². The van der Waals surface area contributed by atoms with E-state index in [-0.39, 0.29) is 29.2 Å². The van der Waals surface area contributed by atoms with E-state index in [1.165, 1.54) is 17.4 Å². The summed E-state index contributed by atoms with van der Waals surface area (Å²) in [7, 11) is 0. The first kappa shape index (κ1) is 15.5. The first-order valence-corrected chi connectivity index (χ1v) is 8.92. The Hall–Kier alpha value is -1.99. The number of hydrogen-bond donors (Lipinski definition) is 1. The largest absolute Gasteiger partial charge is 0.371 e. The Bertz CT molecular complexity index is 739. The highest BCUT2D eigenvalue weighted by Crippen LogP contribution is 2.36. The van der Waals surface area contributed by atoms with Crippen LogP contribution < -0.4 is 5.32 Å². The Labute approximate surface area is 143 Å². The van der Waals surface area contributed by atoms with Crippen molar-refractivity contribution >= 4 is 23.1 Å². The molecule has 5 nitrogen and oxygen atoms in total. The van der Waals surface area contributed by atoms with Gasteiger partial charge in [0.25, 0.3) is 5.91 Å². The maximum Gasteiger partial charge on any atom is 0.254 e. The lowest BCUT2D eigenvalue weighted by Crippen LogP contribution is -2.36. The predicted molar refractivity (Wildman–Crippen MR) is 89.7 cm³/mol. The first-order chi connectivity index (χ1) is 11.7. The van der Waals surface area contributed by atoms with Gasteiger partial charge in [-0.05, 0) is 30.0 Å². The number of amides is 1. The topological polar surface area (TPSA) is 54.5 Å². The Kier molecular flexibility index (Phi) is 3.97. The van der Waals surface area contributed by atoms with Gasteiger partial charge >= 0.3 is 0 Å². The quantitative estimate of drug-likeness (QED) is 0.928. The number of carbonyl (C=O) groups excluding carboxylic acids is 1. The molecule has 24 heavy (non-hydrogen) atoms. The first-order valence-electron chi connectivity index (χ1n) is 7.98. The maximum atomic E-state index is 13.7. The zero-order chi connectivity index (χ0) is 16.6. The fourth-order valence-corrected chi connectivity index (χ4v) is 4.12. The van der Waals surface area contributed by atoms with Gasteiger partial charge < -0.3 is 15.0 Å². The highest BCUT2D eigenvalue weighted by molar-refractivity contribution is 7.08. The third kappa shape index (κ3) is 2.89. The number of rotatable bonds is 3. The number of pyridine rings is 1. The number of halogens is 1. The number of nitrogens with zero attached hydrogens (tertiary/aromatic N) is 2. The molecule has 1 amide bonds. The fraction of sp³-hybridized carbons (Fsp3) is 0.412. The van der Waals surface area contributed by atoms with Gasteiger partial charge in [-0.1, -0.05) is 0 Å².